The van der Waals surface area contributed by atoms with Gasteiger partial charge in [-0.3, -0.25) is 9.59 Å². The number of carbonyl (C=O) groups is 2. The molecule has 0 radical (unpaired) electrons. The maximum absolute atomic E-state index is 13.1. The molecule has 0 aromatic heterocycles. The number of ether oxygens (including phenoxy) is 1. The van der Waals surface area contributed by atoms with Crippen molar-refractivity contribution < 1.29 is 19.4 Å². The van der Waals surface area contributed by atoms with Crippen LogP contribution >= 0.6 is 27.5 Å². The highest BCUT2D eigenvalue weighted by Crippen LogP contribution is 2.40. The first-order chi connectivity index (χ1) is 15.8. The highest BCUT2D eigenvalue weighted by molar-refractivity contribution is 9.10. The number of aliphatic hydroxyl groups is 1. The van der Waals surface area contributed by atoms with Gasteiger partial charge in [0.2, 0.25) is 0 Å². The van der Waals surface area contributed by atoms with E-state index in [0.717, 1.165) is 23.1 Å². The number of rotatable bonds is 9. The number of hydrogen-bond donors (Lipinski definition) is 1. The van der Waals surface area contributed by atoms with E-state index in [-0.39, 0.29) is 11.3 Å². The minimum Gasteiger partial charge on any atom is -0.507 e. The van der Waals surface area contributed by atoms with Crippen molar-refractivity contribution in [3.8, 4) is 5.75 Å². The summed E-state index contributed by atoms with van der Waals surface area (Å²) in [7, 11) is 0. The van der Waals surface area contributed by atoms with E-state index in [2.05, 4.69) is 34.7 Å². The number of hydrogen-bond acceptors (Lipinski definition) is 5. The van der Waals surface area contributed by atoms with Crippen molar-refractivity contribution in [3.05, 3.63) is 68.7 Å². The molecule has 1 N–H and O–H groups in total. The van der Waals surface area contributed by atoms with E-state index in [0.29, 0.717) is 36.0 Å². The molecule has 1 fully saturated rings. The third-order valence-corrected chi connectivity index (χ3v) is 6.61. The molecule has 8 heteroatoms. The van der Waals surface area contributed by atoms with Crippen molar-refractivity contribution >= 4 is 45.0 Å². The number of benzene rings is 2. The van der Waals surface area contributed by atoms with Gasteiger partial charge in [-0.15, -0.1) is 0 Å². The number of Topliss-reactive ketones (excluding diaryl/α,β-unsaturated/α-hetero) is 1. The Morgan fingerprint density at radius 1 is 1.12 bits per heavy atom. The number of carbonyl (C=O) groups excluding carboxylic acids is 2. The number of likely N-dealkylation sites (N-methyl/N-ethyl adjacent to an activating group) is 1. The Morgan fingerprint density at radius 3 is 2.36 bits per heavy atom. The van der Waals surface area contributed by atoms with Crippen LogP contribution < -0.4 is 4.74 Å². The van der Waals surface area contributed by atoms with Crippen LogP contribution in [0.2, 0.25) is 5.02 Å². The first kappa shape index (κ1) is 25.3. The lowest BCUT2D eigenvalue weighted by Gasteiger charge is -2.28. The van der Waals surface area contributed by atoms with Crippen LogP contribution in [0.3, 0.4) is 0 Å². The molecule has 2 aromatic carbocycles. The topological polar surface area (TPSA) is 70.1 Å². The van der Waals surface area contributed by atoms with Crippen molar-refractivity contribution in [2.75, 3.05) is 32.8 Å². The predicted molar refractivity (Wildman–Crippen MR) is 134 cm³/mol. The minimum atomic E-state index is -0.704. The van der Waals surface area contributed by atoms with Gasteiger partial charge in [-0.1, -0.05) is 53.5 Å². The monoisotopic (exact) mass is 534 g/mol. The Kier molecular flexibility index (Phi) is 8.57. The molecule has 1 aliphatic rings. The molecule has 1 amide bonds. The van der Waals surface area contributed by atoms with Crippen LogP contribution in [0.4, 0.5) is 0 Å². The summed E-state index contributed by atoms with van der Waals surface area (Å²) in [6.07, 6.45) is 0. The third-order valence-electron chi connectivity index (χ3n) is 5.78. The summed E-state index contributed by atoms with van der Waals surface area (Å²) in [4.78, 5) is 29.9. The quantitative estimate of drug-likeness (QED) is 0.269. The molecule has 0 aliphatic carbocycles. The average molecular weight is 536 g/mol. The second-order valence-corrected chi connectivity index (χ2v) is 8.97. The summed E-state index contributed by atoms with van der Waals surface area (Å²) in [6, 6.07) is 11.5. The lowest BCUT2D eigenvalue weighted by atomic mass is 9.95. The fraction of sp³-hybridized carbons (Fsp3) is 0.360. The first-order valence-corrected chi connectivity index (χ1v) is 12.2. The van der Waals surface area contributed by atoms with Gasteiger partial charge in [-0.05, 0) is 55.9 Å². The largest absolute Gasteiger partial charge is 0.507 e. The van der Waals surface area contributed by atoms with Gasteiger partial charge < -0.3 is 19.6 Å². The molecule has 1 aliphatic heterocycles. The smallest absolute Gasteiger partial charge is 0.295 e. The van der Waals surface area contributed by atoms with Gasteiger partial charge in [0.1, 0.15) is 11.5 Å². The molecule has 0 saturated carbocycles. The van der Waals surface area contributed by atoms with Crippen molar-refractivity contribution in [2.45, 2.75) is 26.8 Å². The zero-order valence-electron chi connectivity index (χ0n) is 19.0. The van der Waals surface area contributed by atoms with Gasteiger partial charge in [-0.2, -0.15) is 0 Å². The van der Waals surface area contributed by atoms with E-state index < -0.39 is 17.7 Å². The second kappa shape index (κ2) is 11.2. The molecule has 1 heterocycles. The van der Waals surface area contributed by atoms with Crippen LogP contribution in [0, 0.1) is 0 Å². The SMILES string of the molecule is CCOc1ccc(C(O)=C2C(=O)C(=O)N(CCN(CC)CC)[C@@H]2c2ccc(Br)cc2)cc1Cl. The normalized spacial score (nSPS) is 17.8. The van der Waals surface area contributed by atoms with Crippen LogP contribution in [0.15, 0.2) is 52.5 Å². The lowest BCUT2D eigenvalue weighted by Crippen LogP contribution is -2.38. The van der Waals surface area contributed by atoms with Crippen molar-refractivity contribution in [1.29, 1.82) is 0 Å². The number of halogens is 2. The molecule has 0 spiro atoms. The van der Waals surface area contributed by atoms with Gasteiger partial charge in [0.25, 0.3) is 11.7 Å². The molecule has 2 aromatic rings. The van der Waals surface area contributed by atoms with E-state index in [1.54, 1.807) is 23.1 Å². The minimum absolute atomic E-state index is 0.0575. The summed E-state index contributed by atoms with van der Waals surface area (Å²) < 4.78 is 6.34. The Hall–Kier alpha value is -2.35. The molecule has 3 rings (SSSR count). The first-order valence-electron chi connectivity index (χ1n) is 11.0. The fourth-order valence-electron chi connectivity index (χ4n) is 3.97. The zero-order chi connectivity index (χ0) is 24.1. The molecule has 176 valence electrons. The molecule has 0 bridgehead atoms. The molecule has 33 heavy (non-hydrogen) atoms. The third kappa shape index (κ3) is 5.42. The van der Waals surface area contributed by atoms with Crippen LogP contribution in [0.25, 0.3) is 5.76 Å². The van der Waals surface area contributed by atoms with Crippen LogP contribution in [-0.4, -0.2) is 59.4 Å². The molecule has 0 unspecified atom stereocenters. The highest BCUT2D eigenvalue weighted by Gasteiger charge is 2.46. The number of likely N-dealkylation sites (tertiary alicyclic amines) is 1. The maximum atomic E-state index is 13.1. The fourth-order valence-corrected chi connectivity index (χ4v) is 4.47. The molecule has 6 nitrogen and oxygen atoms in total. The highest BCUT2D eigenvalue weighted by atomic mass is 79.9. The Labute approximate surface area is 207 Å². The Morgan fingerprint density at radius 2 is 1.79 bits per heavy atom. The average Bonchev–Trinajstić information content (AvgIpc) is 3.06. The predicted octanol–water partition coefficient (Wildman–Crippen LogP) is 5.26. The van der Waals surface area contributed by atoms with Gasteiger partial charge in [0.05, 0.1) is 23.2 Å². The van der Waals surface area contributed by atoms with E-state index in [9.17, 15) is 14.7 Å². The van der Waals surface area contributed by atoms with Gasteiger partial charge in [0, 0.05) is 23.1 Å². The van der Waals surface area contributed by atoms with Crippen LogP contribution in [0.5, 0.6) is 5.75 Å². The van der Waals surface area contributed by atoms with Gasteiger partial charge in [-0.25, -0.2) is 0 Å². The summed E-state index contributed by atoms with van der Waals surface area (Å²) >= 11 is 9.74. The number of amides is 1. The van der Waals surface area contributed by atoms with E-state index in [1.807, 2.05) is 31.2 Å². The molecular formula is C25H28BrClN2O4. The van der Waals surface area contributed by atoms with Crippen LogP contribution in [-0.2, 0) is 9.59 Å². The summed E-state index contributed by atoms with van der Waals surface area (Å²) in [5.74, 6) is -1.09. The van der Waals surface area contributed by atoms with Crippen molar-refractivity contribution in [1.82, 2.24) is 9.80 Å². The Balaban J connectivity index is 2.09. The van der Waals surface area contributed by atoms with Crippen molar-refractivity contribution in [3.63, 3.8) is 0 Å². The van der Waals surface area contributed by atoms with Gasteiger partial charge in [0.15, 0.2) is 0 Å². The second-order valence-electron chi connectivity index (χ2n) is 7.65. The summed E-state index contributed by atoms with van der Waals surface area (Å²) in [6.45, 7) is 9.09. The summed E-state index contributed by atoms with van der Waals surface area (Å²) in [5.41, 5.74) is 1.16. The van der Waals surface area contributed by atoms with Crippen molar-refractivity contribution in [2.24, 2.45) is 0 Å². The lowest BCUT2D eigenvalue weighted by molar-refractivity contribution is -0.140. The standard InChI is InChI=1S/C25H28BrClN2O4/c1-4-28(5-2)13-14-29-22(16-7-10-18(26)11-8-16)21(24(31)25(29)32)23(30)17-9-12-20(33-6-3)19(27)15-17/h7-12,15,22,30H,4-6,13-14H2,1-3H3/t22-/m1/s1. The molecular weight excluding hydrogens is 508 g/mol. The number of nitrogens with zero attached hydrogens (tertiary/aromatic N) is 2. The van der Waals surface area contributed by atoms with E-state index >= 15 is 0 Å². The molecule has 1 atom stereocenters. The van der Waals surface area contributed by atoms with E-state index in [4.69, 9.17) is 16.3 Å². The van der Waals surface area contributed by atoms with Gasteiger partial charge >= 0.3 is 0 Å². The summed E-state index contributed by atoms with van der Waals surface area (Å²) in [5, 5.41) is 11.5. The van der Waals surface area contributed by atoms with E-state index in [1.165, 1.54) is 0 Å². The van der Waals surface area contributed by atoms with Crippen LogP contribution in [0.1, 0.15) is 37.9 Å². The maximum Gasteiger partial charge on any atom is 0.295 e. The Bertz CT molecular complexity index is 1050. The zero-order valence-corrected chi connectivity index (χ0v) is 21.3. The molecule has 1 saturated heterocycles. The number of aliphatic hydroxyl groups excluding tert-OH is 1. The number of ketones is 1.